The molecule has 0 saturated heterocycles. The number of fused-ring (bicyclic) bond motifs is 3. The predicted octanol–water partition coefficient (Wildman–Crippen LogP) is 4.01. The Hall–Kier alpha value is -2.64. The fraction of sp³-hybridized carbons (Fsp3) is 0.250. The highest BCUT2D eigenvalue weighted by Gasteiger charge is 2.28. The van der Waals surface area contributed by atoms with Crippen LogP contribution in [0, 0.1) is 5.92 Å². The Labute approximate surface area is 157 Å². The molecule has 0 unspecified atom stereocenters. The van der Waals surface area contributed by atoms with E-state index in [4.69, 9.17) is 4.42 Å². The normalized spacial score (nSPS) is 13.8. The molecule has 0 aliphatic heterocycles. The van der Waals surface area contributed by atoms with Crippen LogP contribution in [-0.2, 0) is 14.8 Å². The van der Waals surface area contributed by atoms with Crippen molar-refractivity contribution in [3.63, 3.8) is 0 Å². The van der Waals surface area contributed by atoms with Crippen LogP contribution in [0.25, 0.3) is 28.0 Å². The van der Waals surface area contributed by atoms with Crippen LogP contribution in [0.15, 0.2) is 51.8 Å². The first-order valence-corrected chi connectivity index (χ1v) is 10.1. The number of hydrogen-bond acceptors (Lipinski definition) is 4. The van der Waals surface area contributed by atoms with Crippen LogP contribution in [0.2, 0.25) is 0 Å². The maximum atomic E-state index is 12.6. The number of rotatable bonds is 6. The number of nitrogens with one attached hydrogen (secondary N) is 1. The second kappa shape index (κ2) is 7.17. The van der Waals surface area contributed by atoms with E-state index in [0.717, 1.165) is 16.3 Å². The Bertz CT molecular complexity index is 1140. The van der Waals surface area contributed by atoms with Crippen LogP contribution in [0.5, 0.6) is 0 Å². The number of benzene rings is 2. The largest absolute Gasteiger partial charge is 0.480 e. The van der Waals surface area contributed by atoms with Crippen LogP contribution in [0.4, 0.5) is 0 Å². The molecular weight excluding hydrogens is 366 g/mol. The molecule has 1 heterocycles. The van der Waals surface area contributed by atoms with Crippen molar-refractivity contribution < 1.29 is 22.7 Å². The quantitative estimate of drug-likeness (QED) is 0.666. The van der Waals surface area contributed by atoms with Gasteiger partial charge in [-0.15, -0.1) is 0 Å². The second-order valence-corrected chi connectivity index (χ2v) is 8.41. The van der Waals surface area contributed by atoms with Crippen molar-refractivity contribution in [1.29, 1.82) is 0 Å². The van der Waals surface area contributed by atoms with E-state index < -0.39 is 28.0 Å². The Balaban J connectivity index is 2.05. The molecule has 2 aromatic carbocycles. The van der Waals surface area contributed by atoms with Crippen molar-refractivity contribution in [3.8, 4) is 0 Å². The lowest BCUT2D eigenvalue weighted by molar-refractivity contribution is -0.140. The third-order valence-electron chi connectivity index (χ3n) is 4.35. The molecule has 0 amide bonds. The van der Waals surface area contributed by atoms with Crippen LogP contribution < -0.4 is 4.72 Å². The van der Waals surface area contributed by atoms with Gasteiger partial charge in [0, 0.05) is 16.8 Å². The van der Waals surface area contributed by atoms with Crippen molar-refractivity contribution in [1.82, 2.24) is 4.72 Å². The smallest absolute Gasteiger partial charge is 0.322 e. The average molecular weight is 387 g/mol. The van der Waals surface area contributed by atoms with Crippen molar-refractivity contribution in [2.24, 2.45) is 5.92 Å². The van der Waals surface area contributed by atoms with E-state index in [0.29, 0.717) is 11.2 Å². The Morgan fingerprint density at radius 3 is 2.48 bits per heavy atom. The summed E-state index contributed by atoms with van der Waals surface area (Å²) in [6.07, 6.45) is 3.91. The van der Waals surface area contributed by atoms with E-state index in [9.17, 15) is 18.3 Å². The minimum atomic E-state index is -4.00. The highest BCUT2D eigenvalue weighted by atomic mass is 32.2. The number of carbonyl (C=O) groups is 1. The molecule has 3 aromatic rings. The van der Waals surface area contributed by atoms with Crippen molar-refractivity contribution in [2.45, 2.75) is 31.7 Å². The fourth-order valence-corrected chi connectivity index (χ4v) is 4.30. The minimum Gasteiger partial charge on any atom is -0.480 e. The molecule has 0 radical (unpaired) electrons. The van der Waals surface area contributed by atoms with Gasteiger partial charge in [-0.3, -0.25) is 4.79 Å². The number of aliphatic carboxylic acids is 1. The third kappa shape index (κ3) is 3.74. The molecular formula is C20H21NO5S. The summed E-state index contributed by atoms with van der Waals surface area (Å²) in [5.74, 6) is -1.60. The lowest BCUT2D eigenvalue weighted by Gasteiger charge is -2.17. The van der Waals surface area contributed by atoms with E-state index in [1.807, 2.05) is 37.3 Å². The summed E-state index contributed by atoms with van der Waals surface area (Å²) in [6.45, 7) is 5.22. The third-order valence-corrected chi connectivity index (χ3v) is 5.79. The zero-order valence-corrected chi connectivity index (χ0v) is 16.1. The molecule has 1 aromatic heterocycles. The molecule has 2 N–H and O–H groups in total. The molecule has 6 nitrogen and oxygen atoms in total. The van der Waals surface area contributed by atoms with Crippen LogP contribution in [0.1, 0.15) is 26.3 Å². The number of sulfonamides is 1. The lowest BCUT2D eigenvalue weighted by atomic mass is 10.1. The summed E-state index contributed by atoms with van der Waals surface area (Å²) >= 11 is 0. The SMILES string of the molecule is C/C=C\c1ccc2oc3cc(S(=O)(=O)N[C@H](C(=O)O)C(C)C)ccc3c2c1. The molecule has 142 valence electrons. The van der Waals surface area contributed by atoms with Gasteiger partial charge < -0.3 is 9.52 Å². The Kier molecular flexibility index (Phi) is 5.08. The van der Waals surface area contributed by atoms with E-state index in [1.165, 1.54) is 12.1 Å². The van der Waals surface area contributed by atoms with E-state index in [1.54, 1.807) is 19.9 Å². The number of furan rings is 1. The van der Waals surface area contributed by atoms with Gasteiger partial charge in [0.15, 0.2) is 0 Å². The summed E-state index contributed by atoms with van der Waals surface area (Å²) in [7, 11) is -4.00. The summed E-state index contributed by atoms with van der Waals surface area (Å²) < 4.78 is 33.3. The van der Waals surface area contributed by atoms with Gasteiger partial charge >= 0.3 is 5.97 Å². The maximum absolute atomic E-state index is 12.6. The highest BCUT2D eigenvalue weighted by Crippen LogP contribution is 2.31. The minimum absolute atomic E-state index is 0.0327. The van der Waals surface area contributed by atoms with E-state index in [-0.39, 0.29) is 4.90 Å². The molecule has 1 atom stereocenters. The zero-order chi connectivity index (χ0) is 19.8. The first-order valence-electron chi connectivity index (χ1n) is 8.57. The van der Waals surface area contributed by atoms with Gasteiger partial charge in [0.25, 0.3) is 0 Å². The number of allylic oxidation sites excluding steroid dienone is 1. The van der Waals surface area contributed by atoms with Crippen LogP contribution >= 0.6 is 0 Å². The fourth-order valence-electron chi connectivity index (χ4n) is 2.95. The van der Waals surface area contributed by atoms with Gasteiger partial charge in [0.2, 0.25) is 10.0 Å². The number of hydrogen-bond donors (Lipinski definition) is 2. The van der Waals surface area contributed by atoms with Gasteiger partial charge in [-0.25, -0.2) is 8.42 Å². The summed E-state index contributed by atoms with van der Waals surface area (Å²) in [6, 6.07) is 9.10. The summed E-state index contributed by atoms with van der Waals surface area (Å²) in [4.78, 5) is 11.3. The van der Waals surface area contributed by atoms with Gasteiger partial charge in [-0.1, -0.05) is 32.1 Å². The summed E-state index contributed by atoms with van der Waals surface area (Å²) in [5, 5.41) is 10.9. The topological polar surface area (TPSA) is 96.6 Å². The molecule has 0 aliphatic rings. The first-order chi connectivity index (χ1) is 12.7. The van der Waals surface area contributed by atoms with Crippen LogP contribution in [0.3, 0.4) is 0 Å². The van der Waals surface area contributed by atoms with Crippen molar-refractivity contribution in [3.05, 3.63) is 48.0 Å². The van der Waals surface area contributed by atoms with Crippen molar-refractivity contribution in [2.75, 3.05) is 0 Å². The molecule has 0 spiro atoms. The number of carboxylic acids is 1. The van der Waals surface area contributed by atoms with E-state index >= 15 is 0 Å². The zero-order valence-electron chi connectivity index (χ0n) is 15.3. The molecule has 3 rings (SSSR count). The second-order valence-electron chi connectivity index (χ2n) is 6.70. The lowest BCUT2D eigenvalue weighted by Crippen LogP contribution is -2.44. The molecule has 0 saturated carbocycles. The average Bonchev–Trinajstić information content (AvgIpc) is 2.96. The molecule has 0 aliphatic carbocycles. The molecule has 0 bridgehead atoms. The van der Waals surface area contributed by atoms with Gasteiger partial charge in [-0.2, -0.15) is 4.72 Å². The maximum Gasteiger partial charge on any atom is 0.322 e. The highest BCUT2D eigenvalue weighted by molar-refractivity contribution is 7.89. The van der Waals surface area contributed by atoms with Crippen molar-refractivity contribution >= 4 is 44.0 Å². The molecule has 27 heavy (non-hydrogen) atoms. The van der Waals surface area contributed by atoms with Gasteiger partial charge in [-0.05, 0) is 42.7 Å². The summed E-state index contributed by atoms with van der Waals surface area (Å²) in [5.41, 5.74) is 2.11. The van der Waals surface area contributed by atoms with Gasteiger partial charge in [0.1, 0.15) is 17.2 Å². The van der Waals surface area contributed by atoms with Gasteiger partial charge in [0.05, 0.1) is 4.90 Å². The Morgan fingerprint density at radius 1 is 1.11 bits per heavy atom. The molecule has 7 heteroatoms. The first kappa shape index (κ1) is 19.1. The number of carboxylic acid groups (broad SMARTS) is 1. The van der Waals surface area contributed by atoms with E-state index in [2.05, 4.69) is 4.72 Å². The van der Waals surface area contributed by atoms with Crippen LogP contribution in [-0.4, -0.2) is 25.5 Å². The Morgan fingerprint density at radius 2 is 1.85 bits per heavy atom. The molecule has 0 fully saturated rings. The monoisotopic (exact) mass is 387 g/mol. The standard InChI is InChI=1S/C20H21NO5S/c1-4-5-13-6-9-17-16(10-13)15-8-7-14(11-18(15)26-17)27(24,25)21-19(12(2)3)20(22)23/h4-12,19,21H,1-3H3,(H,22,23)/b5-4-/t19-/m0/s1. The predicted molar refractivity (Wildman–Crippen MR) is 105 cm³/mol.